The van der Waals surface area contributed by atoms with Crippen LogP contribution in [-0.2, 0) is 6.61 Å². The van der Waals surface area contributed by atoms with Gasteiger partial charge < -0.3 is 4.74 Å². The fraction of sp³-hybridized carbons (Fsp3) is 0.0667. The van der Waals surface area contributed by atoms with Crippen molar-refractivity contribution >= 4 is 6.29 Å². The van der Waals surface area contributed by atoms with Gasteiger partial charge in [-0.3, -0.25) is 4.79 Å². The van der Waals surface area contributed by atoms with Gasteiger partial charge in [-0.25, -0.2) is 4.39 Å². The Morgan fingerprint density at radius 2 is 2.11 bits per heavy atom. The van der Waals surface area contributed by atoms with Crippen LogP contribution < -0.4 is 4.74 Å². The van der Waals surface area contributed by atoms with Crippen molar-refractivity contribution in [3.05, 3.63) is 65.0 Å². The second-order valence-corrected chi connectivity index (χ2v) is 3.91. The molecule has 2 rings (SSSR count). The molecular weight excluding hydrogens is 245 g/mol. The smallest absolute Gasteiger partial charge is 0.150 e. The summed E-state index contributed by atoms with van der Waals surface area (Å²) in [5.41, 5.74) is 1.20. The van der Waals surface area contributed by atoms with Crippen molar-refractivity contribution in [1.29, 1.82) is 5.26 Å². The molecule has 0 saturated heterocycles. The number of hydrogen-bond acceptors (Lipinski definition) is 3. The van der Waals surface area contributed by atoms with Crippen molar-refractivity contribution in [1.82, 2.24) is 0 Å². The van der Waals surface area contributed by atoms with Crippen LogP contribution in [0.1, 0.15) is 21.5 Å². The van der Waals surface area contributed by atoms with E-state index in [9.17, 15) is 9.18 Å². The summed E-state index contributed by atoms with van der Waals surface area (Å²) in [6.45, 7) is 0.206. The Bertz CT molecular complexity index is 647. The van der Waals surface area contributed by atoms with E-state index >= 15 is 0 Å². The molecule has 0 radical (unpaired) electrons. The van der Waals surface area contributed by atoms with E-state index in [2.05, 4.69) is 0 Å². The lowest BCUT2D eigenvalue weighted by Crippen LogP contribution is -1.97. The van der Waals surface area contributed by atoms with Gasteiger partial charge in [0.05, 0.1) is 5.56 Å². The topological polar surface area (TPSA) is 50.1 Å². The molecule has 0 aliphatic rings. The minimum atomic E-state index is -0.547. The zero-order valence-electron chi connectivity index (χ0n) is 9.97. The molecule has 0 saturated carbocycles. The average molecular weight is 255 g/mol. The molecule has 0 atom stereocenters. The lowest BCUT2D eigenvalue weighted by Gasteiger charge is -2.07. The molecule has 94 valence electrons. The van der Waals surface area contributed by atoms with Crippen LogP contribution in [0.4, 0.5) is 4.39 Å². The van der Waals surface area contributed by atoms with E-state index in [1.165, 1.54) is 12.1 Å². The Hall–Kier alpha value is -2.67. The van der Waals surface area contributed by atoms with Gasteiger partial charge in [-0.1, -0.05) is 18.2 Å². The van der Waals surface area contributed by atoms with Crippen molar-refractivity contribution in [2.75, 3.05) is 0 Å². The summed E-state index contributed by atoms with van der Waals surface area (Å²) < 4.78 is 18.6. The van der Waals surface area contributed by atoms with Crippen LogP contribution in [-0.4, -0.2) is 6.29 Å². The van der Waals surface area contributed by atoms with Gasteiger partial charge in [0.1, 0.15) is 30.5 Å². The van der Waals surface area contributed by atoms with Crippen molar-refractivity contribution in [3.8, 4) is 11.8 Å². The molecule has 0 heterocycles. The minimum Gasteiger partial charge on any atom is -0.489 e. The predicted molar refractivity (Wildman–Crippen MR) is 67.3 cm³/mol. The molecule has 4 heteroatoms. The maximum absolute atomic E-state index is 13.1. The van der Waals surface area contributed by atoms with Crippen LogP contribution in [0, 0.1) is 17.1 Å². The number of halogens is 1. The molecule has 3 nitrogen and oxygen atoms in total. The number of ether oxygens (including phenoxy) is 1. The number of nitrogens with zero attached hydrogens (tertiary/aromatic N) is 1. The van der Waals surface area contributed by atoms with Crippen LogP contribution in [0.3, 0.4) is 0 Å². The highest BCUT2D eigenvalue weighted by Gasteiger charge is 2.03. The Balaban J connectivity index is 2.10. The molecule has 0 N–H and O–H groups in total. The number of carbonyl (C=O) groups is 1. The summed E-state index contributed by atoms with van der Waals surface area (Å²) in [7, 11) is 0. The number of carbonyl (C=O) groups excluding carboxylic acids is 1. The van der Waals surface area contributed by atoms with Gasteiger partial charge in [-0.15, -0.1) is 0 Å². The van der Waals surface area contributed by atoms with Crippen LogP contribution in [0.2, 0.25) is 0 Å². The van der Waals surface area contributed by atoms with Gasteiger partial charge in [0.15, 0.2) is 0 Å². The van der Waals surface area contributed by atoms with E-state index in [1.54, 1.807) is 36.4 Å². The van der Waals surface area contributed by atoms with Gasteiger partial charge in [0.25, 0.3) is 0 Å². The third-order valence-electron chi connectivity index (χ3n) is 2.55. The molecule has 0 aliphatic heterocycles. The number of nitriles is 1. The Labute approximate surface area is 109 Å². The average Bonchev–Trinajstić information content (AvgIpc) is 2.46. The van der Waals surface area contributed by atoms with E-state index < -0.39 is 5.82 Å². The first-order valence-corrected chi connectivity index (χ1v) is 5.59. The van der Waals surface area contributed by atoms with Crippen molar-refractivity contribution in [2.24, 2.45) is 0 Å². The highest BCUT2D eigenvalue weighted by molar-refractivity contribution is 5.75. The lowest BCUT2D eigenvalue weighted by molar-refractivity contribution is 0.112. The number of aldehydes is 1. The summed E-state index contributed by atoms with van der Waals surface area (Å²) in [6, 6.07) is 12.7. The maximum atomic E-state index is 13.1. The largest absolute Gasteiger partial charge is 0.489 e. The molecule has 0 amide bonds. The molecule has 0 aliphatic carbocycles. The van der Waals surface area contributed by atoms with Crippen LogP contribution in [0.25, 0.3) is 0 Å². The van der Waals surface area contributed by atoms with Crippen molar-refractivity contribution in [2.45, 2.75) is 6.61 Å². The minimum absolute atomic E-state index is 0.0113. The van der Waals surface area contributed by atoms with Gasteiger partial charge in [0.2, 0.25) is 0 Å². The molecule has 2 aromatic rings. The normalized spacial score (nSPS) is 9.68. The Morgan fingerprint density at radius 3 is 2.84 bits per heavy atom. The monoisotopic (exact) mass is 255 g/mol. The first kappa shape index (κ1) is 12.8. The Morgan fingerprint density at radius 1 is 1.26 bits per heavy atom. The van der Waals surface area contributed by atoms with Crippen LogP contribution in [0.5, 0.6) is 5.75 Å². The van der Waals surface area contributed by atoms with Gasteiger partial charge in [-0.2, -0.15) is 5.26 Å². The summed E-state index contributed by atoms with van der Waals surface area (Å²) in [6.07, 6.45) is 0.735. The highest BCUT2D eigenvalue weighted by Crippen LogP contribution is 2.15. The Kier molecular flexibility index (Phi) is 3.89. The van der Waals surface area contributed by atoms with Crippen molar-refractivity contribution in [3.63, 3.8) is 0 Å². The van der Waals surface area contributed by atoms with E-state index in [0.29, 0.717) is 16.9 Å². The predicted octanol–water partition coefficient (Wildman–Crippen LogP) is 3.09. The summed E-state index contributed by atoms with van der Waals surface area (Å²) >= 11 is 0. The molecule has 0 bridgehead atoms. The SMILES string of the molecule is N#Cc1cc(COc2cccc(C=O)c2)ccc1F. The first-order valence-electron chi connectivity index (χ1n) is 5.59. The van der Waals surface area contributed by atoms with E-state index in [4.69, 9.17) is 10.00 Å². The van der Waals surface area contributed by atoms with E-state index in [1.807, 2.05) is 0 Å². The lowest BCUT2D eigenvalue weighted by atomic mass is 10.1. The van der Waals surface area contributed by atoms with Gasteiger partial charge >= 0.3 is 0 Å². The molecule has 0 fully saturated rings. The van der Waals surface area contributed by atoms with Crippen molar-refractivity contribution < 1.29 is 13.9 Å². The molecule has 0 aromatic heterocycles. The van der Waals surface area contributed by atoms with E-state index in [0.717, 1.165) is 6.29 Å². The summed E-state index contributed by atoms with van der Waals surface area (Å²) in [4.78, 5) is 10.6. The van der Waals surface area contributed by atoms with Gasteiger partial charge in [-0.05, 0) is 29.8 Å². The van der Waals surface area contributed by atoms with Crippen LogP contribution >= 0.6 is 0 Å². The molecule has 0 spiro atoms. The zero-order valence-corrected chi connectivity index (χ0v) is 9.97. The second kappa shape index (κ2) is 5.78. The fourth-order valence-electron chi connectivity index (χ4n) is 1.59. The molecule has 2 aromatic carbocycles. The fourth-order valence-corrected chi connectivity index (χ4v) is 1.59. The molecular formula is C15H10FNO2. The maximum Gasteiger partial charge on any atom is 0.150 e. The molecule has 0 unspecified atom stereocenters. The number of hydrogen-bond donors (Lipinski definition) is 0. The standard InChI is InChI=1S/C15H10FNO2/c16-15-5-4-12(6-13(15)8-17)10-19-14-3-1-2-11(7-14)9-18/h1-7,9H,10H2. The molecule has 19 heavy (non-hydrogen) atoms. The van der Waals surface area contributed by atoms with Gasteiger partial charge in [0, 0.05) is 5.56 Å². The number of rotatable bonds is 4. The third kappa shape index (κ3) is 3.17. The quantitative estimate of drug-likeness (QED) is 0.789. The highest BCUT2D eigenvalue weighted by atomic mass is 19.1. The number of benzene rings is 2. The first-order chi connectivity index (χ1) is 9.22. The summed E-state index contributed by atoms with van der Waals surface area (Å²) in [5.74, 6) is 0.00151. The summed E-state index contributed by atoms with van der Waals surface area (Å²) in [5, 5.41) is 8.73. The second-order valence-electron chi connectivity index (χ2n) is 3.91. The van der Waals surface area contributed by atoms with Crippen LogP contribution in [0.15, 0.2) is 42.5 Å². The third-order valence-corrected chi connectivity index (χ3v) is 2.55. The van der Waals surface area contributed by atoms with E-state index in [-0.39, 0.29) is 12.2 Å². The zero-order chi connectivity index (χ0) is 13.7.